The number of aromatic hydroxyl groups is 1. The van der Waals surface area contributed by atoms with Gasteiger partial charge in [0.25, 0.3) is 0 Å². The van der Waals surface area contributed by atoms with E-state index in [0.29, 0.717) is 6.01 Å². The topological polar surface area (TPSA) is 55.2 Å². The van der Waals surface area contributed by atoms with Crippen molar-refractivity contribution in [1.82, 2.24) is 9.97 Å². The van der Waals surface area contributed by atoms with Crippen LogP contribution in [0.3, 0.4) is 0 Å². The first-order valence-electron chi connectivity index (χ1n) is 4.88. The lowest BCUT2D eigenvalue weighted by Crippen LogP contribution is -1.95. The summed E-state index contributed by atoms with van der Waals surface area (Å²) in [5.74, 6) is 0.215. The van der Waals surface area contributed by atoms with E-state index >= 15 is 0 Å². The van der Waals surface area contributed by atoms with E-state index in [1.807, 2.05) is 19.1 Å². The second kappa shape index (κ2) is 4.18. The zero-order valence-electron chi connectivity index (χ0n) is 9.14. The maximum Gasteiger partial charge on any atom is 0.316 e. The number of hydrogen-bond donors (Lipinski definition) is 1. The molecule has 0 fully saturated rings. The molecule has 0 radical (unpaired) electrons. The Morgan fingerprint density at radius 1 is 1.19 bits per heavy atom. The van der Waals surface area contributed by atoms with Crippen LogP contribution in [0.15, 0.2) is 30.3 Å². The van der Waals surface area contributed by atoms with Crippen molar-refractivity contribution in [2.75, 3.05) is 7.11 Å². The molecule has 1 aromatic heterocycles. The summed E-state index contributed by atoms with van der Waals surface area (Å²) in [7, 11) is 1.53. The maximum atomic E-state index is 9.40. The summed E-state index contributed by atoms with van der Waals surface area (Å²) in [6.07, 6.45) is 0. The molecule has 1 heterocycles. The number of phenolic OH excluding ortho intramolecular Hbond substituents is 1. The Labute approximate surface area is 93.6 Å². The molecule has 0 saturated carbocycles. The first-order chi connectivity index (χ1) is 7.69. The standard InChI is InChI=1S/C12H12N2O2/c1-8-6-11(14-12(13-8)16-2)9-4-3-5-10(15)7-9/h3-7,15H,1-2H3. The minimum Gasteiger partial charge on any atom is -0.508 e. The summed E-state index contributed by atoms with van der Waals surface area (Å²) in [5, 5.41) is 9.40. The summed E-state index contributed by atoms with van der Waals surface area (Å²) in [6, 6.07) is 9.10. The minimum absolute atomic E-state index is 0.215. The van der Waals surface area contributed by atoms with Crippen molar-refractivity contribution in [2.24, 2.45) is 0 Å². The third kappa shape index (κ3) is 2.11. The van der Waals surface area contributed by atoms with Gasteiger partial charge in [-0.1, -0.05) is 12.1 Å². The zero-order chi connectivity index (χ0) is 11.5. The maximum absolute atomic E-state index is 9.40. The third-order valence-electron chi connectivity index (χ3n) is 2.16. The number of nitrogens with zero attached hydrogens (tertiary/aromatic N) is 2. The van der Waals surface area contributed by atoms with Crippen LogP contribution in [0, 0.1) is 6.92 Å². The Morgan fingerprint density at radius 2 is 2.00 bits per heavy atom. The predicted octanol–water partition coefficient (Wildman–Crippen LogP) is 2.17. The number of rotatable bonds is 2. The van der Waals surface area contributed by atoms with Crippen molar-refractivity contribution in [2.45, 2.75) is 6.92 Å². The lowest BCUT2D eigenvalue weighted by atomic mass is 10.1. The third-order valence-corrected chi connectivity index (χ3v) is 2.16. The van der Waals surface area contributed by atoms with Gasteiger partial charge in [0.15, 0.2) is 0 Å². The zero-order valence-corrected chi connectivity index (χ0v) is 9.14. The SMILES string of the molecule is COc1nc(C)cc(-c2cccc(O)c2)n1. The van der Waals surface area contributed by atoms with Crippen molar-refractivity contribution in [3.05, 3.63) is 36.0 Å². The molecule has 0 aliphatic heterocycles. The molecular formula is C12H12N2O2. The Bertz CT molecular complexity index is 512. The number of aryl methyl sites for hydroxylation is 1. The monoisotopic (exact) mass is 216 g/mol. The van der Waals surface area contributed by atoms with Gasteiger partial charge in [-0.3, -0.25) is 0 Å². The minimum atomic E-state index is 0.215. The first kappa shape index (κ1) is 10.4. The molecule has 2 rings (SSSR count). The van der Waals surface area contributed by atoms with Gasteiger partial charge in [0.2, 0.25) is 0 Å². The molecular weight excluding hydrogens is 204 g/mol. The summed E-state index contributed by atoms with van der Waals surface area (Å²) in [5.41, 5.74) is 2.40. The lowest BCUT2D eigenvalue weighted by molar-refractivity contribution is 0.379. The smallest absolute Gasteiger partial charge is 0.316 e. The molecule has 0 unspecified atom stereocenters. The van der Waals surface area contributed by atoms with Gasteiger partial charge in [0.05, 0.1) is 12.8 Å². The van der Waals surface area contributed by atoms with Crippen LogP contribution in [0.4, 0.5) is 0 Å². The van der Waals surface area contributed by atoms with Gasteiger partial charge in [0.1, 0.15) is 5.75 Å². The van der Waals surface area contributed by atoms with Crippen molar-refractivity contribution in [1.29, 1.82) is 0 Å². The summed E-state index contributed by atoms with van der Waals surface area (Å²) in [4.78, 5) is 8.32. The molecule has 16 heavy (non-hydrogen) atoms. The molecule has 0 bridgehead atoms. The van der Waals surface area contributed by atoms with Crippen molar-refractivity contribution in [3.8, 4) is 23.0 Å². The van der Waals surface area contributed by atoms with Gasteiger partial charge in [-0.25, -0.2) is 4.98 Å². The van der Waals surface area contributed by atoms with Crippen LogP contribution in [-0.2, 0) is 0 Å². The highest BCUT2D eigenvalue weighted by molar-refractivity contribution is 5.61. The number of hydrogen-bond acceptors (Lipinski definition) is 4. The van der Waals surface area contributed by atoms with Crippen LogP contribution < -0.4 is 4.74 Å². The van der Waals surface area contributed by atoms with Crippen LogP contribution in [0.5, 0.6) is 11.8 Å². The number of methoxy groups -OCH3 is 1. The van der Waals surface area contributed by atoms with Crippen LogP contribution in [-0.4, -0.2) is 22.2 Å². The average molecular weight is 216 g/mol. The molecule has 4 heteroatoms. The van der Waals surface area contributed by atoms with Gasteiger partial charge in [0, 0.05) is 11.3 Å². The van der Waals surface area contributed by atoms with Crippen molar-refractivity contribution in [3.63, 3.8) is 0 Å². The van der Waals surface area contributed by atoms with E-state index in [1.54, 1.807) is 18.2 Å². The van der Waals surface area contributed by atoms with E-state index in [4.69, 9.17) is 4.74 Å². The van der Waals surface area contributed by atoms with Crippen LogP contribution in [0.25, 0.3) is 11.3 Å². The molecule has 0 spiro atoms. The molecule has 4 nitrogen and oxygen atoms in total. The fraction of sp³-hybridized carbons (Fsp3) is 0.167. The van der Waals surface area contributed by atoms with E-state index < -0.39 is 0 Å². The molecule has 0 saturated heterocycles. The Hall–Kier alpha value is -2.10. The lowest BCUT2D eigenvalue weighted by Gasteiger charge is -2.05. The van der Waals surface area contributed by atoms with E-state index in [2.05, 4.69) is 9.97 Å². The molecule has 1 N–H and O–H groups in total. The number of ether oxygens (including phenoxy) is 1. The Kier molecular flexibility index (Phi) is 2.72. The van der Waals surface area contributed by atoms with E-state index in [1.165, 1.54) is 7.11 Å². The second-order valence-electron chi connectivity index (χ2n) is 3.43. The average Bonchev–Trinajstić information content (AvgIpc) is 2.28. The van der Waals surface area contributed by atoms with Gasteiger partial charge < -0.3 is 9.84 Å². The molecule has 0 amide bonds. The Morgan fingerprint density at radius 3 is 2.69 bits per heavy atom. The van der Waals surface area contributed by atoms with Gasteiger partial charge in [-0.2, -0.15) is 4.98 Å². The highest BCUT2D eigenvalue weighted by atomic mass is 16.5. The van der Waals surface area contributed by atoms with E-state index in [0.717, 1.165) is 17.0 Å². The van der Waals surface area contributed by atoms with E-state index in [9.17, 15) is 5.11 Å². The van der Waals surface area contributed by atoms with E-state index in [-0.39, 0.29) is 5.75 Å². The van der Waals surface area contributed by atoms with Gasteiger partial charge in [-0.05, 0) is 25.1 Å². The summed E-state index contributed by atoms with van der Waals surface area (Å²) in [6.45, 7) is 1.87. The fourth-order valence-electron chi connectivity index (χ4n) is 1.45. The highest BCUT2D eigenvalue weighted by Gasteiger charge is 2.05. The first-order valence-corrected chi connectivity index (χ1v) is 4.88. The molecule has 82 valence electrons. The second-order valence-corrected chi connectivity index (χ2v) is 3.43. The van der Waals surface area contributed by atoms with Gasteiger partial charge in [-0.15, -0.1) is 0 Å². The highest BCUT2D eigenvalue weighted by Crippen LogP contribution is 2.23. The number of benzene rings is 1. The normalized spacial score (nSPS) is 10.1. The van der Waals surface area contributed by atoms with Crippen LogP contribution in [0.1, 0.15) is 5.69 Å². The fourth-order valence-corrected chi connectivity index (χ4v) is 1.45. The predicted molar refractivity (Wildman–Crippen MR) is 60.4 cm³/mol. The summed E-state index contributed by atoms with van der Waals surface area (Å²) >= 11 is 0. The van der Waals surface area contributed by atoms with Crippen molar-refractivity contribution < 1.29 is 9.84 Å². The van der Waals surface area contributed by atoms with Crippen molar-refractivity contribution >= 4 is 0 Å². The largest absolute Gasteiger partial charge is 0.508 e. The molecule has 0 atom stereocenters. The number of phenols is 1. The van der Waals surface area contributed by atoms with Crippen LogP contribution >= 0.6 is 0 Å². The van der Waals surface area contributed by atoms with Crippen LogP contribution in [0.2, 0.25) is 0 Å². The molecule has 0 aliphatic carbocycles. The quantitative estimate of drug-likeness (QED) is 0.835. The Balaban J connectivity index is 2.51. The number of aromatic nitrogens is 2. The summed E-state index contributed by atoms with van der Waals surface area (Å²) < 4.78 is 5.00. The van der Waals surface area contributed by atoms with Gasteiger partial charge >= 0.3 is 6.01 Å². The molecule has 0 aliphatic rings. The molecule has 2 aromatic rings. The molecule has 1 aromatic carbocycles.